The van der Waals surface area contributed by atoms with Gasteiger partial charge in [-0.05, 0) is 185 Å². The molecule has 11 nitrogen and oxygen atoms in total. The first-order valence-corrected chi connectivity index (χ1v) is 26.0. The third kappa shape index (κ3) is 10.0. The first-order valence-electron chi connectivity index (χ1n) is 26.0. The van der Waals surface area contributed by atoms with Gasteiger partial charge in [-0.1, -0.05) is 72.8 Å². The number of carbonyl (C=O) groups is 2. The molecule has 2 saturated carbocycles. The number of benzene rings is 6. The first kappa shape index (κ1) is 49.7. The van der Waals surface area contributed by atoms with E-state index in [0.29, 0.717) is 37.5 Å². The van der Waals surface area contributed by atoms with Gasteiger partial charge in [0.1, 0.15) is 18.0 Å². The van der Waals surface area contributed by atoms with Gasteiger partial charge in [0.2, 0.25) is 0 Å². The van der Waals surface area contributed by atoms with E-state index in [9.17, 15) is 24.9 Å². The Morgan fingerprint density at radius 2 is 1.58 bits per heavy atom. The summed E-state index contributed by atoms with van der Waals surface area (Å²) < 4.78 is 30.2. The molecule has 0 aliphatic heterocycles. The molecule has 0 saturated heterocycles. The van der Waals surface area contributed by atoms with E-state index in [0.717, 1.165) is 99.7 Å². The molecule has 0 spiro atoms. The second-order valence-electron chi connectivity index (χ2n) is 20.6. The van der Waals surface area contributed by atoms with Crippen molar-refractivity contribution < 1.29 is 48.6 Å². The highest BCUT2D eigenvalue weighted by molar-refractivity contribution is 5.98. The number of nitrogens with one attached hydrogen (secondary N) is 1. The van der Waals surface area contributed by atoms with Crippen molar-refractivity contribution >= 4 is 28.8 Å². The molecule has 4 N–H and O–H groups in total. The third-order valence-electron chi connectivity index (χ3n) is 16.4. The van der Waals surface area contributed by atoms with Crippen LogP contribution in [0.4, 0.5) is 0 Å². The van der Waals surface area contributed by atoms with Crippen molar-refractivity contribution in [3.8, 4) is 39.9 Å². The van der Waals surface area contributed by atoms with E-state index in [-0.39, 0.29) is 59.7 Å². The third-order valence-corrected chi connectivity index (χ3v) is 16.4. The largest absolute Gasteiger partial charge is 0.508 e. The number of fused-ring (bicyclic) bond motifs is 5. The van der Waals surface area contributed by atoms with Gasteiger partial charge in [-0.15, -0.1) is 0 Å². The van der Waals surface area contributed by atoms with Crippen molar-refractivity contribution in [2.24, 2.45) is 23.2 Å². The van der Waals surface area contributed by atoms with E-state index in [2.05, 4.69) is 41.7 Å². The number of hydrogen-bond donors (Lipinski definition) is 4. The lowest BCUT2D eigenvalue weighted by molar-refractivity contribution is -0.169. The Hall–Kier alpha value is -6.82. The first-order chi connectivity index (χ1) is 35.5. The molecule has 73 heavy (non-hydrogen) atoms. The van der Waals surface area contributed by atoms with Crippen molar-refractivity contribution in [2.75, 3.05) is 34.0 Å². The highest BCUT2D eigenvalue weighted by Crippen LogP contribution is 2.69. The van der Waals surface area contributed by atoms with Gasteiger partial charge >= 0.3 is 11.9 Å². The predicted molar refractivity (Wildman–Crippen MR) is 282 cm³/mol. The Morgan fingerprint density at radius 1 is 0.781 bits per heavy atom. The predicted octanol–water partition coefficient (Wildman–Crippen LogP) is 11.4. The molecule has 0 aromatic heterocycles. The van der Waals surface area contributed by atoms with Gasteiger partial charge in [0.15, 0.2) is 23.0 Å². The van der Waals surface area contributed by atoms with E-state index in [1.54, 1.807) is 26.4 Å². The summed E-state index contributed by atoms with van der Waals surface area (Å²) in [6.07, 6.45) is 7.96. The van der Waals surface area contributed by atoms with Crippen LogP contribution in [0, 0.1) is 23.2 Å². The molecular formula is C62H67NO10. The quantitative estimate of drug-likeness (QED) is 0.0541. The molecule has 0 radical (unpaired) electrons. The second-order valence-corrected chi connectivity index (χ2v) is 20.6. The molecule has 8 atom stereocenters. The van der Waals surface area contributed by atoms with Gasteiger partial charge in [0.25, 0.3) is 0 Å². The number of methoxy groups -OCH3 is 2. The molecule has 0 heterocycles. The summed E-state index contributed by atoms with van der Waals surface area (Å²) >= 11 is 0. The maximum absolute atomic E-state index is 14.6. The maximum Gasteiger partial charge on any atom is 0.310 e. The van der Waals surface area contributed by atoms with Crippen LogP contribution >= 0.6 is 0 Å². The minimum absolute atomic E-state index is 0.00237. The van der Waals surface area contributed by atoms with Gasteiger partial charge in [0, 0.05) is 44.4 Å². The average Bonchev–Trinajstić information content (AvgIpc) is 3.38. The summed E-state index contributed by atoms with van der Waals surface area (Å²) in [5.74, 6) is -0.0304. The Labute approximate surface area is 428 Å². The van der Waals surface area contributed by atoms with Crippen LogP contribution in [0.25, 0.3) is 28.0 Å². The number of hydrogen-bond acceptors (Lipinski definition) is 11. The number of carbonyl (C=O) groups excluding carboxylic acids is 2. The van der Waals surface area contributed by atoms with Crippen molar-refractivity contribution in [3.05, 3.63) is 154 Å². The topological polar surface area (TPSA) is 153 Å². The van der Waals surface area contributed by atoms with Gasteiger partial charge in [0.05, 0.1) is 20.6 Å². The van der Waals surface area contributed by atoms with Gasteiger partial charge < -0.3 is 44.3 Å². The molecule has 10 rings (SSSR count). The summed E-state index contributed by atoms with van der Waals surface area (Å²) in [5.41, 5.74) is 8.39. The van der Waals surface area contributed by atoms with Crippen molar-refractivity contribution in [1.29, 1.82) is 0 Å². The fourth-order valence-electron chi connectivity index (χ4n) is 13.6. The molecule has 4 aliphatic carbocycles. The molecule has 11 heteroatoms. The molecule has 2 fully saturated rings. The van der Waals surface area contributed by atoms with Crippen LogP contribution in [0.1, 0.15) is 96.7 Å². The Morgan fingerprint density at radius 3 is 2.37 bits per heavy atom. The summed E-state index contributed by atoms with van der Waals surface area (Å²) in [6.45, 7) is 6.40. The van der Waals surface area contributed by atoms with Gasteiger partial charge in [-0.2, -0.15) is 0 Å². The van der Waals surface area contributed by atoms with Crippen LogP contribution in [-0.4, -0.2) is 73.4 Å². The molecular weight excluding hydrogens is 919 g/mol. The maximum atomic E-state index is 14.6. The minimum Gasteiger partial charge on any atom is -0.508 e. The Kier molecular flexibility index (Phi) is 14.5. The number of phenolic OH excluding ortho intramolecular Hbond substituents is 3. The molecule has 4 aliphatic rings. The highest BCUT2D eigenvalue weighted by Gasteiger charge is 2.63. The zero-order valence-electron chi connectivity index (χ0n) is 42.3. The molecule has 0 bridgehead atoms. The van der Waals surface area contributed by atoms with Crippen LogP contribution in [0.2, 0.25) is 0 Å². The number of phenols is 3. The number of rotatable bonds is 16. The van der Waals surface area contributed by atoms with E-state index >= 15 is 0 Å². The number of aromatic hydroxyl groups is 3. The number of allylic oxidation sites excluding steroid dienone is 1. The second kappa shape index (κ2) is 21.3. The summed E-state index contributed by atoms with van der Waals surface area (Å²) in [6, 6.07) is 35.6. The minimum atomic E-state index is -0.649. The average molecular weight is 986 g/mol. The van der Waals surface area contributed by atoms with Gasteiger partial charge in [-0.25, -0.2) is 0 Å². The summed E-state index contributed by atoms with van der Waals surface area (Å²) in [4.78, 5) is 28.1. The van der Waals surface area contributed by atoms with Crippen molar-refractivity contribution in [1.82, 2.24) is 5.32 Å². The lowest BCUT2D eigenvalue weighted by Gasteiger charge is -2.64. The molecule has 0 amide bonds. The molecule has 6 aromatic carbocycles. The van der Waals surface area contributed by atoms with E-state index in [1.165, 1.54) is 6.92 Å². The van der Waals surface area contributed by atoms with Crippen molar-refractivity contribution in [2.45, 2.75) is 95.8 Å². The van der Waals surface area contributed by atoms with Crippen LogP contribution in [-0.2, 0) is 49.6 Å². The molecule has 8 unspecified atom stereocenters. The van der Waals surface area contributed by atoms with Crippen LogP contribution in [0.15, 0.2) is 115 Å². The van der Waals surface area contributed by atoms with Gasteiger partial charge in [-0.3, -0.25) is 9.59 Å². The monoisotopic (exact) mass is 985 g/mol. The lowest BCUT2D eigenvalue weighted by atomic mass is 9.40. The van der Waals surface area contributed by atoms with E-state index < -0.39 is 29.6 Å². The lowest BCUT2D eigenvalue weighted by Crippen LogP contribution is -2.59. The standard InChI is InChI=1S/C62H67NO10/c1-5-71-22-10-21-63-36-40-13-9-14-41(23-40)49-31-46(65)27-42-16-15-39(24-48(42)49)25-60(68)73-47-32-52-50-35-59(70-4)55(66)29-44(50)26-43-17-18-53-51-34-56(67)58(69-3)30-45(51)28-54(57(33-47)72-37(2)64)62(53,61(43)52)20-19-38-11-7-6-8-12-38/h6-9,11-16,19-20,23-24,27,29-31,34-35,43,47,52-54,57,61,63,65-67H,5,10,17-18,21-22,25-26,28,32-33,36H2,1-4H3. The normalized spacial score (nSPS) is 23.9. The number of esters is 2. The molecule has 6 aromatic rings. The van der Waals surface area contributed by atoms with Crippen LogP contribution in [0.3, 0.4) is 0 Å². The number of ether oxygens (including phenoxy) is 5. The Bertz CT molecular complexity index is 3020. The van der Waals surface area contributed by atoms with Crippen LogP contribution in [0.5, 0.6) is 28.7 Å². The highest BCUT2D eigenvalue weighted by atomic mass is 16.6. The van der Waals surface area contributed by atoms with Crippen molar-refractivity contribution in [3.63, 3.8) is 0 Å². The summed E-state index contributed by atoms with van der Waals surface area (Å²) in [5, 5.41) is 38.8. The smallest absolute Gasteiger partial charge is 0.310 e. The van der Waals surface area contributed by atoms with E-state index in [1.807, 2.05) is 79.7 Å². The fourth-order valence-corrected chi connectivity index (χ4v) is 13.6. The summed E-state index contributed by atoms with van der Waals surface area (Å²) in [7, 11) is 3.12. The zero-order chi connectivity index (χ0) is 50.8. The zero-order valence-corrected chi connectivity index (χ0v) is 42.3. The SMILES string of the molecule is CCOCCCNCc1cccc(-c2cc(O)cc3ccc(CC(=O)OC4CC(OC(C)=O)C5Cc6cc(OC)c(O)cc6C6CCC7Cc8cc(O)c(OC)cc8C(C4)C7C65C=Cc4ccccc4)cc23)c1. The van der Waals surface area contributed by atoms with E-state index in [4.69, 9.17) is 23.7 Å². The van der Waals surface area contributed by atoms with Crippen LogP contribution < -0.4 is 14.8 Å². The fraction of sp³-hybridized carbons (Fsp3) is 0.387. The molecule has 380 valence electrons. The Balaban J connectivity index is 1.03.